The molecule has 0 fully saturated rings. The number of hydrogen-bond acceptors (Lipinski definition) is 5. The molecule has 74 valence electrons. The first-order chi connectivity index (χ1) is 6.83. The molecule has 0 saturated heterocycles. The van der Waals surface area contributed by atoms with Crippen LogP contribution in [0.4, 0.5) is 0 Å². The molecule has 0 spiro atoms. The van der Waals surface area contributed by atoms with E-state index >= 15 is 0 Å². The van der Waals surface area contributed by atoms with Gasteiger partial charge in [0.15, 0.2) is 0 Å². The van der Waals surface area contributed by atoms with Gasteiger partial charge in [-0.05, 0) is 13.5 Å². The molecule has 0 aliphatic carbocycles. The maximum atomic E-state index is 5.46. The maximum Gasteiger partial charge on any atom is 0.308 e. The summed E-state index contributed by atoms with van der Waals surface area (Å²) in [4.78, 5) is 4.04. The highest BCUT2D eigenvalue weighted by molar-refractivity contribution is 5.13. The number of nitrogens with two attached hydrogens (primary N) is 1. The van der Waals surface area contributed by atoms with Crippen LogP contribution in [0.5, 0.6) is 0 Å². The van der Waals surface area contributed by atoms with E-state index < -0.39 is 0 Å². The topological polar surface area (TPSA) is 82.8 Å². The van der Waals surface area contributed by atoms with Gasteiger partial charge in [-0.1, -0.05) is 0 Å². The number of nitrogens with zero attached hydrogens (tertiary/aromatic N) is 4. The fourth-order valence-electron chi connectivity index (χ4n) is 1.27. The summed E-state index contributed by atoms with van der Waals surface area (Å²) in [7, 11) is 0. The van der Waals surface area contributed by atoms with Crippen molar-refractivity contribution in [1.29, 1.82) is 0 Å². The molecule has 0 unspecified atom stereocenters. The summed E-state index contributed by atoms with van der Waals surface area (Å²) >= 11 is 0. The normalized spacial score (nSPS) is 10.7. The Morgan fingerprint density at radius 1 is 1.50 bits per heavy atom. The number of hydrogen-bond donors (Lipinski definition) is 1. The molecule has 6 nitrogen and oxygen atoms in total. The maximum absolute atomic E-state index is 5.46. The molecular formula is C8H11N5O. The molecule has 2 aromatic heterocycles. The first kappa shape index (κ1) is 8.89. The fourth-order valence-corrected chi connectivity index (χ4v) is 1.27. The highest BCUT2D eigenvalue weighted by atomic mass is 16.4. The van der Waals surface area contributed by atoms with Crippen molar-refractivity contribution in [2.75, 3.05) is 6.54 Å². The van der Waals surface area contributed by atoms with Crippen LogP contribution < -0.4 is 5.73 Å². The Kier molecular flexibility index (Phi) is 2.28. The van der Waals surface area contributed by atoms with E-state index in [1.54, 1.807) is 10.8 Å². The third-order valence-corrected chi connectivity index (χ3v) is 1.87. The third-order valence-electron chi connectivity index (χ3n) is 1.87. The van der Waals surface area contributed by atoms with Crippen LogP contribution in [0.1, 0.15) is 11.6 Å². The van der Waals surface area contributed by atoms with Crippen LogP contribution in [-0.4, -0.2) is 26.3 Å². The Labute approximate surface area is 80.8 Å². The second kappa shape index (κ2) is 3.59. The molecule has 2 rings (SSSR count). The van der Waals surface area contributed by atoms with Gasteiger partial charge in [-0.3, -0.25) is 0 Å². The Hall–Kier alpha value is -1.69. The van der Waals surface area contributed by atoms with Crippen molar-refractivity contribution in [3.63, 3.8) is 0 Å². The predicted molar refractivity (Wildman–Crippen MR) is 48.9 cm³/mol. The average Bonchev–Trinajstić information content (AvgIpc) is 2.76. The molecule has 2 N–H and O–H groups in total. The number of oxazole rings is 1. The lowest BCUT2D eigenvalue weighted by atomic mass is 10.4. The van der Waals surface area contributed by atoms with Crippen molar-refractivity contribution in [2.45, 2.75) is 13.3 Å². The van der Waals surface area contributed by atoms with Gasteiger partial charge in [-0.25, -0.2) is 9.55 Å². The molecule has 0 aliphatic heterocycles. The zero-order valence-electron chi connectivity index (χ0n) is 7.84. The smallest absolute Gasteiger partial charge is 0.308 e. The van der Waals surface area contributed by atoms with Crippen LogP contribution >= 0.6 is 0 Å². The lowest BCUT2D eigenvalue weighted by Gasteiger charge is -2.01. The van der Waals surface area contributed by atoms with Gasteiger partial charge in [0.1, 0.15) is 17.9 Å². The highest BCUT2D eigenvalue weighted by Crippen LogP contribution is 2.10. The Morgan fingerprint density at radius 2 is 2.36 bits per heavy atom. The van der Waals surface area contributed by atoms with Crippen molar-refractivity contribution in [2.24, 2.45) is 5.73 Å². The van der Waals surface area contributed by atoms with Crippen molar-refractivity contribution < 1.29 is 4.42 Å². The van der Waals surface area contributed by atoms with E-state index in [0.717, 1.165) is 11.6 Å². The van der Waals surface area contributed by atoms with E-state index in [4.69, 9.17) is 10.2 Å². The minimum absolute atomic E-state index is 0.482. The van der Waals surface area contributed by atoms with Crippen LogP contribution in [0.2, 0.25) is 0 Å². The SMILES string of the molecule is Cc1nnc(CCN)n1-c1ncco1. The van der Waals surface area contributed by atoms with E-state index in [9.17, 15) is 0 Å². The Morgan fingerprint density at radius 3 is 3.00 bits per heavy atom. The van der Waals surface area contributed by atoms with Crippen LogP contribution in [0.25, 0.3) is 6.01 Å². The van der Waals surface area contributed by atoms with Gasteiger partial charge >= 0.3 is 6.01 Å². The zero-order valence-corrected chi connectivity index (χ0v) is 7.84. The standard InChI is InChI=1S/C8H11N5O/c1-6-11-12-7(2-3-9)13(6)8-10-4-5-14-8/h4-5H,2-3,9H2,1H3. The van der Waals surface area contributed by atoms with E-state index in [1.807, 2.05) is 6.92 Å². The largest absolute Gasteiger partial charge is 0.432 e. The second-order valence-electron chi connectivity index (χ2n) is 2.85. The molecule has 2 heterocycles. The molecule has 0 aromatic carbocycles. The molecule has 0 aliphatic rings. The van der Waals surface area contributed by atoms with Crippen LogP contribution in [-0.2, 0) is 6.42 Å². The summed E-state index contributed by atoms with van der Waals surface area (Å²) in [6.45, 7) is 2.37. The summed E-state index contributed by atoms with van der Waals surface area (Å²) in [5.74, 6) is 1.52. The van der Waals surface area contributed by atoms with Gasteiger partial charge in [0.2, 0.25) is 0 Å². The zero-order chi connectivity index (χ0) is 9.97. The summed E-state index contributed by atoms with van der Waals surface area (Å²) in [6.07, 6.45) is 3.76. The highest BCUT2D eigenvalue weighted by Gasteiger charge is 2.12. The first-order valence-electron chi connectivity index (χ1n) is 4.33. The quantitative estimate of drug-likeness (QED) is 0.745. The Balaban J connectivity index is 2.45. The molecule has 6 heteroatoms. The fraction of sp³-hybridized carbons (Fsp3) is 0.375. The summed E-state index contributed by atoms with van der Waals surface area (Å²) in [5.41, 5.74) is 5.46. The van der Waals surface area contributed by atoms with Gasteiger partial charge < -0.3 is 10.2 Å². The van der Waals surface area contributed by atoms with Crippen molar-refractivity contribution in [1.82, 2.24) is 19.7 Å². The van der Waals surface area contributed by atoms with E-state index in [-0.39, 0.29) is 0 Å². The minimum atomic E-state index is 0.482. The van der Waals surface area contributed by atoms with Crippen LogP contribution in [0, 0.1) is 6.92 Å². The molecule has 14 heavy (non-hydrogen) atoms. The number of aryl methyl sites for hydroxylation is 1. The van der Waals surface area contributed by atoms with Gasteiger partial charge in [0.05, 0.1) is 6.20 Å². The monoisotopic (exact) mass is 193 g/mol. The average molecular weight is 193 g/mol. The molecule has 2 aromatic rings. The van der Waals surface area contributed by atoms with Crippen LogP contribution in [0.3, 0.4) is 0 Å². The van der Waals surface area contributed by atoms with E-state index in [0.29, 0.717) is 19.0 Å². The van der Waals surface area contributed by atoms with Gasteiger partial charge in [-0.15, -0.1) is 10.2 Å². The minimum Gasteiger partial charge on any atom is -0.432 e. The lowest BCUT2D eigenvalue weighted by molar-refractivity contribution is 0.516. The molecule has 0 saturated carbocycles. The predicted octanol–water partition coefficient (Wildman–Crippen LogP) is 0.0649. The van der Waals surface area contributed by atoms with Gasteiger partial charge in [-0.2, -0.15) is 0 Å². The van der Waals surface area contributed by atoms with E-state index in [1.165, 1.54) is 6.26 Å². The first-order valence-corrected chi connectivity index (χ1v) is 4.33. The molecule has 0 atom stereocenters. The number of rotatable bonds is 3. The van der Waals surface area contributed by atoms with Crippen molar-refractivity contribution in [3.05, 3.63) is 24.1 Å². The number of aromatic nitrogens is 4. The van der Waals surface area contributed by atoms with Crippen molar-refractivity contribution >= 4 is 0 Å². The Bertz CT molecular complexity index is 405. The van der Waals surface area contributed by atoms with Crippen molar-refractivity contribution in [3.8, 4) is 6.01 Å². The summed E-state index contributed by atoms with van der Waals surface area (Å²) in [5, 5.41) is 7.94. The summed E-state index contributed by atoms with van der Waals surface area (Å²) < 4.78 is 6.93. The molecule has 0 amide bonds. The van der Waals surface area contributed by atoms with Gasteiger partial charge in [0, 0.05) is 6.42 Å². The third kappa shape index (κ3) is 1.39. The molecule has 0 radical (unpaired) electrons. The molecular weight excluding hydrogens is 182 g/mol. The lowest BCUT2D eigenvalue weighted by Crippen LogP contribution is -2.09. The van der Waals surface area contributed by atoms with Crippen LogP contribution in [0.15, 0.2) is 16.9 Å². The summed E-state index contributed by atoms with van der Waals surface area (Å²) in [6, 6.07) is 0.482. The second-order valence-corrected chi connectivity index (χ2v) is 2.85. The van der Waals surface area contributed by atoms with Gasteiger partial charge in [0.25, 0.3) is 0 Å². The molecule has 0 bridgehead atoms. The van der Waals surface area contributed by atoms with E-state index in [2.05, 4.69) is 15.2 Å².